The molecule has 75 valence electrons. The first-order valence-corrected chi connectivity index (χ1v) is 4.52. The zero-order valence-corrected chi connectivity index (χ0v) is 8.79. The summed E-state index contributed by atoms with van der Waals surface area (Å²) in [6.07, 6.45) is 0. The predicted octanol–water partition coefficient (Wildman–Crippen LogP) is 2.13. The van der Waals surface area contributed by atoms with Crippen LogP contribution in [0.5, 0.6) is 0 Å². The summed E-state index contributed by atoms with van der Waals surface area (Å²) in [6, 6.07) is 5.23. The summed E-state index contributed by atoms with van der Waals surface area (Å²) in [5.74, 6) is -0.263. The molecule has 1 N–H and O–H groups in total. The van der Waals surface area contributed by atoms with E-state index in [0.29, 0.717) is 5.56 Å². The first-order chi connectivity index (χ1) is 6.32. The lowest BCUT2D eigenvalue weighted by atomic mass is 9.94. The topological polar surface area (TPSA) is 37.3 Å². The van der Waals surface area contributed by atoms with Crippen LogP contribution in [0.1, 0.15) is 35.3 Å². The lowest BCUT2D eigenvalue weighted by Gasteiger charge is -2.16. The molecule has 0 amide bonds. The highest BCUT2D eigenvalue weighted by atomic mass is 16.3. The minimum atomic E-state index is -1.31. The third-order valence-corrected chi connectivity index (χ3v) is 2.16. The van der Waals surface area contributed by atoms with E-state index in [1.54, 1.807) is 18.2 Å². The van der Waals surface area contributed by atoms with E-state index in [0.717, 1.165) is 11.1 Å². The minimum Gasteiger partial charge on any atom is -0.382 e. The van der Waals surface area contributed by atoms with Gasteiger partial charge in [0.1, 0.15) is 5.60 Å². The summed E-state index contributed by atoms with van der Waals surface area (Å²) in [5.41, 5.74) is 1.08. The molecule has 0 aliphatic rings. The molecule has 0 atom stereocenters. The number of aliphatic hydroxyl groups is 1. The Morgan fingerprint density at radius 3 is 2.43 bits per heavy atom. The Bertz CT molecular complexity index is 359. The van der Waals surface area contributed by atoms with Gasteiger partial charge in [0.2, 0.25) is 0 Å². The fourth-order valence-corrected chi connectivity index (χ4v) is 1.19. The second kappa shape index (κ2) is 3.54. The van der Waals surface area contributed by atoms with Gasteiger partial charge in [-0.1, -0.05) is 12.1 Å². The van der Waals surface area contributed by atoms with E-state index >= 15 is 0 Å². The van der Waals surface area contributed by atoms with Crippen LogP contribution in [0.3, 0.4) is 0 Å². The third kappa shape index (κ3) is 2.20. The highest BCUT2D eigenvalue weighted by Gasteiger charge is 2.25. The van der Waals surface area contributed by atoms with Crippen molar-refractivity contribution in [3.63, 3.8) is 0 Å². The zero-order valence-electron chi connectivity index (χ0n) is 8.79. The summed E-state index contributed by atoms with van der Waals surface area (Å²) in [4.78, 5) is 11.7. The molecule has 0 unspecified atom stereocenters. The Labute approximate surface area is 84.6 Å². The molecule has 0 aromatic heterocycles. The number of carbonyl (C=O) groups excluding carboxylic acids is 1. The van der Waals surface area contributed by atoms with Gasteiger partial charge in [0.25, 0.3) is 0 Å². The normalized spacial score (nSPS) is 11.5. The monoisotopic (exact) mass is 191 g/mol. The lowest BCUT2D eigenvalue weighted by molar-refractivity contribution is 0.0488. The number of rotatable bonds is 2. The van der Waals surface area contributed by atoms with E-state index in [1.165, 1.54) is 13.8 Å². The second-order valence-electron chi connectivity index (χ2n) is 4.03. The largest absolute Gasteiger partial charge is 0.382 e. The molecular formula is C12H15O2. The minimum absolute atomic E-state index is 0.263. The van der Waals surface area contributed by atoms with Gasteiger partial charge in [-0.3, -0.25) is 4.79 Å². The molecule has 0 spiro atoms. The molecule has 1 aromatic rings. The number of hydrogen-bond donors (Lipinski definition) is 1. The highest BCUT2D eigenvalue weighted by Crippen LogP contribution is 2.15. The molecule has 0 saturated heterocycles. The lowest BCUT2D eigenvalue weighted by Crippen LogP contribution is -2.31. The van der Waals surface area contributed by atoms with Gasteiger partial charge in [-0.15, -0.1) is 0 Å². The van der Waals surface area contributed by atoms with E-state index in [4.69, 9.17) is 0 Å². The van der Waals surface area contributed by atoms with Crippen molar-refractivity contribution in [2.24, 2.45) is 0 Å². The molecule has 0 aliphatic carbocycles. The van der Waals surface area contributed by atoms with Gasteiger partial charge in [-0.2, -0.15) is 0 Å². The summed E-state index contributed by atoms with van der Waals surface area (Å²) >= 11 is 0. The van der Waals surface area contributed by atoms with Crippen LogP contribution in [0.25, 0.3) is 0 Å². The summed E-state index contributed by atoms with van der Waals surface area (Å²) in [6.45, 7) is 8.68. The van der Waals surface area contributed by atoms with Crippen molar-refractivity contribution in [2.75, 3.05) is 0 Å². The second-order valence-corrected chi connectivity index (χ2v) is 4.03. The Hall–Kier alpha value is -1.15. The Balaban J connectivity index is 3.10. The van der Waals surface area contributed by atoms with Crippen molar-refractivity contribution in [2.45, 2.75) is 26.4 Å². The molecule has 1 rings (SSSR count). The first-order valence-electron chi connectivity index (χ1n) is 4.52. The number of carbonyl (C=O) groups is 1. The van der Waals surface area contributed by atoms with E-state index in [2.05, 4.69) is 6.92 Å². The van der Waals surface area contributed by atoms with Crippen molar-refractivity contribution in [3.05, 3.63) is 41.8 Å². The van der Waals surface area contributed by atoms with E-state index in [1.807, 2.05) is 6.92 Å². The quantitative estimate of drug-likeness (QED) is 0.727. The fourth-order valence-electron chi connectivity index (χ4n) is 1.19. The molecule has 1 aromatic carbocycles. The van der Waals surface area contributed by atoms with Gasteiger partial charge in [0.15, 0.2) is 5.78 Å². The Morgan fingerprint density at radius 1 is 1.43 bits per heavy atom. The van der Waals surface area contributed by atoms with E-state index < -0.39 is 5.60 Å². The number of hydrogen-bond acceptors (Lipinski definition) is 2. The van der Waals surface area contributed by atoms with Crippen molar-refractivity contribution < 1.29 is 9.90 Å². The van der Waals surface area contributed by atoms with Gasteiger partial charge >= 0.3 is 0 Å². The third-order valence-electron chi connectivity index (χ3n) is 2.16. The summed E-state index contributed by atoms with van der Waals surface area (Å²) < 4.78 is 0. The number of Topliss-reactive ketones (excluding diaryl/α,β-unsaturated/α-hetero) is 1. The molecule has 1 radical (unpaired) electrons. The van der Waals surface area contributed by atoms with E-state index in [9.17, 15) is 9.90 Å². The number of benzene rings is 1. The first kappa shape index (κ1) is 10.9. The maximum Gasteiger partial charge on any atom is 0.193 e. The maximum atomic E-state index is 11.7. The van der Waals surface area contributed by atoms with Crippen molar-refractivity contribution in [3.8, 4) is 0 Å². The van der Waals surface area contributed by atoms with Crippen LogP contribution in [0.15, 0.2) is 18.2 Å². The molecule has 2 heteroatoms. The van der Waals surface area contributed by atoms with Crippen LogP contribution in [0, 0.1) is 13.8 Å². The molecule has 14 heavy (non-hydrogen) atoms. The summed E-state index contributed by atoms with van der Waals surface area (Å²) in [5, 5.41) is 9.53. The number of ketones is 1. The molecule has 0 fully saturated rings. The molecule has 0 saturated carbocycles. The van der Waals surface area contributed by atoms with Crippen LogP contribution in [-0.2, 0) is 0 Å². The highest BCUT2D eigenvalue weighted by molar-refractivity contribution is 6.01. The average molecular weight is 191 g/mol. The van der Waals surface area contributed by atoms with Crippen molar-refractivity contribution >= 4 is 5.78 Å². The van der Waals surface area contributed by atoms with Crippen LogP contribution in [0.2, 0.25) is 0 Å². The van der Waals surface area contributed by atoms with Crippen molar-refractivity contribution in [1.82, 2.24) is 0 Å². The predicted molar refractivity (Wildman–Crippen MR) is 56.3 cm³/mol. The molecule has 0 aliphatic heterocycles. The maximum absolute atomic E-state index is 11.7. The summed E-state index contributed by atoms with van der Waals surface area (Å²) in [7, 11) is 0. The fraction of sp³-hybridized carbons (Fsp3) is 0.333. The molecular weight excluding hydrogens is 176 g/mol. The smallest absolute Gasteiger partial charge is 0.193 e. The van der Waals surface area contributed by atoms with Gasteiger partial charge in [-0.05, 0) is 44.9 Å². The van der Waals surface area contributed by atoms with Gasteiger partial charge in [-0.25, -0.2) is 0 Å². The van der Waals surface area contributed by atoms with Crippen LogP contribution < -0.4 is 0 Å². The van der Waals surface area contributed by atoms with Crippen LogP contribution in [-0.4, -0.2) is 16.5 Å². The van der Waals surface area contributed by atoms with Crippen LogP contribution in [0.4, 0.5) is 0 Å². The Kier molecular flexibility index (Phi) is 2.76. The van der Waals surface area contributed by atoms with Gasteiger partial charge in [0, 0.05) is 5.56 Å². The molecule has 0 heterocycles. The zero-order chi connectivity index (χ0) is 10.9. The van der Waals surface area contributed by atoms with Crippen LogP contribution >= 0.6 is 0 Å². The van der Waals surface area contributed by atoms with Crippen molar-refractivity contribution in [1.29, 1.82) is 0 Å². The standard InChI is InChI=1S/C12H15O2/c1-8-5-6-10(7-9(8)2)11(13)12(3,4)14/h5-7,14H,1H2,2-4H3. The SMILES string of the molecule is [CH2]c1ccc(C(=O)C(C)(C)O)cc1C. The average Bonchev–Trinajstić information content (AvgIpc) is 2.07. The molecule has 0 bridgehead atoms. The van der Waals surface area contributed by atoms with Gasteiger partial charge in [0.05, 0.1) is 0 Å². The molecule has 2 nitrogen and oxygen atoms in total. The van der Waals surface area contributed by atoms with Gasteiger partial charge < -0.3 is 5.11 Å². The number of aryl methyl sites for hydroxylation is 1. The Morgan fingerprint density at radius 2 is 2.00 bits per heavy atom. The van der Waals surface area contributed by atoms with E-state index in [-0.39, 0.29) is 5.78 Å².